The molecule has 0 N–H and O–H groups in total. The maximum absolute atomic E-state index is 12.4. The number of benzene rings is 1. The van der Waals surface area contributed by atoms with Crippen molar-refractivity contribution in [3.8, 4) is 0 Å². The summed E-state index contributed by atoms with van der Waals surface area (Å²) in [4.78, 5) is 14.2. The van der Waals surface area contributed by atoms with Gasteiger partial charge < -0.3 is 4.90 Å². The molecule has 4 nitrogen and oxygen atoms in total. The second-order valence-corrected chi connectivity index (χ2v) is 7.88. The summed E-state index contributed by atoms with van der Waals surface area (Å²) in [5, 5.41) is 0. The van der Waals surface area contributed by atoms with Crippen molar-refractivity contribution in [3.05, 3.63) is 35.4 Å². The highest BCUT2D eigenvalue weighted by molar-refractivity contribution is 7.90. The van der Waals surface area contributed by atoms with Crippen molar-refractivity contribution >= 4 is 15.7 Å². The van der Waals surface area contributed by atoms with E-state index in [1.807, 2.05) is 36.1 Å². The Morgan fingerprint density at radius 1 is 1.30 bits per heavy atom. The van der Waals surface area contributed by atoms with Gasteiger partial charge >= 0.3 is 0 Å². The molecule has 0 saturated carbocycles. The van der Waals surface area contributed by atoms with Gasteiger partial charge in [-0.1, -0.05) is 17.7 Å². The highest BCUT2D eigenvalue weighted by Gasteiger charge is 2.25. The standard InChI is InChI=1S/C15H21NO3S/c1-12-4-3-5-14(10-12)15(17)16-8-6-13(7-9-16)11-20(2,18)19/h3-5,10,13H,6-9,11H2,1-2H3. The number of carbonyl (C=O) groups is 1. The Morgan fingerprint density at radius 2 is 1.95 bits per heavy atom. The molecule has 0 aliphatic carbocycles. The Hall–Kier alpha value is -1.36. The van der Waals surface area contributed by atoms with Crippen molar-refractivity contribution in [2.75, 3.05) is 25.1 Å². The first-order chi connectivity index (χ1) is 9.35. The van der Waals surface area contributed by atoms with Crippen molar-refractivity contribution in [2.45, 2.75) is 19.8 Å². The molecule has 110 valence electrons. The fourth-order valence-corrected chi connectivity index (χ4v) is 3.88. The summed E-state index contributed by atoms with van der Waals surface area (Å²) in [6.45, 7) is 3.26. The van der Waals surface area contributed by atoms with Crippen molar-refractivity contribution in [1.82, 2.24) is 4.90 Å². The number of likely N-dealkylation sites (tertiary alicyclic amines) is 1. The summed E-state index contributed by atoms with van der Waals surface area (Å²) in [7, 11) is -2.92. The lowest BCUT2D eigenvalue weighted by Crippen LogP contribution is -2.39. The average Bonchev–Trinajstić information content (AvgIpc) is 2.37. The van der Waals surface area contributed by atoms with Crippen LogP contribution in [0.4, 0.5) is 0 Å². The second-order valence-electron chi connectivity index (χ2n) is 5.70. The summed E-state index contributed by atoms with van der Waals surface area (Å²) in [5.41, 5.74) is 1.79. The van der Waals surface area contributed by atoms with Gasteiger partial charge in [0.25, 0.3) is 5.91 Å². The van der Waals surface area contributed by atoms with E-state index in [1.54, 1.807) is 0 Å². The average molecular weight is 295 g/mol. The Labute approximate surface area is 120 Å². The molecule has 1 aromatic carbocycles. The number of amides is 1. The normalized spacial score (nSPS) is 17.2. The highest BCUT2D eigenvalue weighted by atomic mass is 32.2. The fourth-order valence-electron chi connectivity index (χ4n) is 2.69. The molecule has 1 saturated heterocycles. The Bertz CT molecular complexity index is 587. The molecular formula is C15H21NO3S. The van der Waals surface area contributed by atoms with E-state index >= 15 is 0 Å². The van der Waals surface area contributed by atoms with Crippen LogP contribution in [0.1, 0.15) is 28.8 Å². The van der Waals surface area contributed by atoms with E-state index in [2.05, 4.69) is 0 Å². The Kier molecular flexibility index (Phi) is 4.48. The van der Waals surface area contributed by atoms with E-state index in [4.69, 9.17) is 0 Å². The topological polar surface area (TPSA) is 54.5 Å². The molecule has 1 amide bonds. The third-order valence-corrected chi connectivity index (χ3v) is 4.78. The molecule has 1 aromatic rings. The zero-order valence-corrected chi connectivity index (χ0v) is 12.8. The molecule has 1 aliphatic rings. The SMILES string of the molecule is Cc1cccc(C(=O)N2CCC(CS(C)(=O)=O)CC2)c1. The van der Waals surface area contributed by atoms with Crippen LogP contribution >= 0.6 is 0 Å². The van der Waals surface area contributed by atoms with E-state index in [0.29, 0.717) is 18.7 Å². The first kappa shape index (κ1) is 15.0. The first-order valence-electron chi connectivity index (χ1n) is 6.89. The van der Waals surface area contributed by atoms with Crippen molar-refractivity contribution < 1.29 is 13.2 Å². The van der Waals surface area contributed by atoms with E-state index < -0.39 is 9.84 Å². The zero-order valence-electron chi connectivity index (χ0n) is 12.0. The van der Waals surface area contributed by atoms with E-state index in [-0.39, 0.29) is 17.6 Å². The number of rotatable bonds is 3. The highest BCUT2D eigenvalue weighted by Crippen LogP contribution is 2.20. The van der Waals surface area contributed by atoms with Gasteiger partial charge in [-0.2, -0.15) is 0 Å². The van der Waals surface area contributed by atoms with Gasteiger partial charge in [-0.05, 0) is 37.8 Å². The van der Waals surface area contributed by atoms with Gasteiger partial charge in [0.2, 0.25) is 0 Å². The van der Waals surface area contributed by atoms with E-state index in [1.165, 1.54) is 6.26 Å². The lowest BCUT2D eigenvalue weighted by atomic mass is 9.98. The van der Waals surface area contributed by atoms with Crippen LogP contribution in [0, 0.1) is 12.8 Å². The molecule has 0 atom stereocenters. The summed E-state index contributed by atoms with van der Waals surface area (Å²) >= 11 is 0. The number of carbonyl (C=O) groups excluding carboxylic acids is 1. The van der Waals surface area contributed by atoms with Crippen molar-refractivity contribution in [2.24, 2.45) is 5.92 Å². The molecule has 5 heteroatoms. The molecule has 0 unspecified atom stereocenters. The van der Waals surface area contributed by atoms with Gasteiger partial charge in [-0.25, -0.2) is 8.42 Å². The van der Waals surface area contributed by atoms with Crippen LogP contribution in [0.5, 0.6) is 0 Å². The number of sulfone groups is 1. The van der Waals surface area contributed by atoms with Gasteiger partial charge in [0.1, 0.15) is 9.84 Å². The molecule has 1 heterocycles. The predicted molar refractivity (Wildman–Crippen MR) is 79.5 cm³/mol. The minimum atomic E-state index is -2.92. The molecule has 2 rings (SSSR count). The molecule has 0 bridgehead atoms. The van der Waals surface area contributed by atoms with Gasteiger partial charge in [-0.3, -0.25) is 4.79 Å². The number of nitrogens with zero attached hydrogens (tertiary/aromatic N) is 1. The van der Waals surface area contributed by atoms with Gasteiger partial charge in [-0.15, -0.1) is 0 Å². The van der Waals surface area contributed by atoms with Gasteiger partial charge in [0, 0.05) is 24.9 Å². The minimum Gasteiger partial charge on any atom is -0.339 e. The van der Waals surface area contributed by atoms with Crippen LogP contribution in [0.3, 0.4) is 0 Å². The number of piperidine rings is 1. The summed E-state index contributed by atoms with van der Waals surface area (Å²) in [6.07, 6.45) is 2.81. The monoisotopic (exact) mass is 295 g/mol. The number of hydrogen-bond acceptors (Lipinski definition) is 3. The molecule has 0 radical (unpaired) electrons. The predicted octanol–water partition coefficient (Wildman–Crippen LogP) is 1.89. The van der Waals surface area contributed by atoms with Crippen molar-refractivity contribution in [3.63, 3.8) is 0 Å². The molecule has 0 aromatic heterocycles. The zero-order chi connectivity index (χ0) is 14.8. The van der Waals surface area contributed by atoms with Gasteiger partial charge in [0.05, 0.1) is 5.75 Å². The second kappa shape index (κ2) is 5.95. The first-order valence-corrected chi connectivity index (χ1v) is 8.95. The third-order valence-electron chi connectivity index (χ3n) is 3.71. The molecule has 20 heavy (non-hydrogen) atoms. The number of aryl methyl sites for hydroxylation is 1. The molecular weight excluding hydrogens is 274 g/mol. The van der Waals surface area contributed by atoms with Crippen molar-refractivity contribution in [1.29, 1.82) is 0 Å². The van der Waals surface area contributed by atoms with Gasteiger partial charge in [0.15, 0.2) is 0 Å². The maximum Gasteiger partial charge on any atom is 0.253 e. The fraction of sp³-hybridized carbons (Fsp3) is 0.533. The van der Waals surface area contributed by atoms with Crippen LogP contribution in [0.2, 0.25) is 0 Å². The third kappa shape index (κ3) is 4.07. The Balaban J connectivity index is 1.95. The van der Waals surface area contributed by atoms with Crippen LogP contribution in [0.15, 0.2) is 24.3 Å². The smallest absolute Gasteiger partial charge is 0.253 e. The van der Waals surface area contributed by atoms with Crippen LogP contribution < -0.4 is 0 Å². The van der Waals surface area contributed by atoms with Crippen LogP contribution in [0.25, 0.3) is 0 Å². The van der Waals surface area contributed by atoms with Crippen LogP contribution in [-0.2, 0) is 9.84 Å². The summed E-state index contributed by atoms with van der Waals surface area (Å²) in [6, 6.07) is 7.58. The molecule has 1 aliphatic heterocycles. The van der Waals surface area contributed by atoms with E-state index in [9.17, 15) is 13.2 Å². The maximum atomic E-state index is 12.4. The lowest BCUT2D eigenvalue weighted by molar-refractivity contribution is 0.0698. The quantitative estimate of drug-likeness (QED) is 0.855. The summed E-state index contributed by atoms with van der Waals surface area (Å²) in [5.74, 6) is 0.470. The minimum absolute atomic E-state index is 0.0477. The lowest BCUT2D eigenvalue weighted by Gasteiger charge is -2.31. The largest absolute Gasteiger partial charge is 0.339 e. The molecule has 0 spiro atoms. The summed E-state index contributed by atoms with van der Waals surface area (Å²) < 4.78 is 22.6. The molecule has 1 fully saturated rings. The number of hydrogen-bond donors (Lipinski definition) is 0. The van der Waals surface area contributed by atoms with E-state index in [0.717, 1.165) is 18.4 Å². The van der Waals surface area contributed by atoms with Crippen LogP contribution in [-0.4, -0.2) is 44.3 Å². The Morgan fingerprint density at radius 3 is 2.50 bits per heavy atom.